The first-order valence-electron chi connectivity index (χ1n) is 12.5. The zero-order valence-corrected chi connectivity index (χ0v) is 22.4. The van der Waals surface area contributed by atoms with Gasteiger partial charge in [-0.2, -0.15) is 9.50 Å². The second-order valence-electron chi connectivity index (χ2n) is 9.18. The van der Waals surface area contributed by atoms with Crippen LogP contribution in [0.3, 0.4) is 0 Å². The number of benzene rings is 2. The maximum absolute atomic E-state index is 13.8. The number of hydrogen-bond acceptors (Lipinski definition) is 8. The summed E-state index contributed by atoms with van der Waals surface area (Å²) in [6.07, 6.45) is -0.116. The lowest BCUT2D eigenvalue weighted by molar-refractivity contribution is -0.120. The molecule has 0 spiro atoms. The lowest BCUT2D eigenvalue weighted by Gasteiger charge is -2.25. The molecule has 0 radical (unpaired) electrons. The molecule has 0 saturated heterocycles. The van der Waals surface area contributed by atoms with Crippen LogP contribution in [0.1, 0.15) is 29.3 Å². The van der Waals surface area contributed by atoms with Crippen LogP contribution in [-0.2, 0) is 24.2 Å². The SMILES string of the molecule is CCc1cccc(CNCC(O)C(Cc2cc(F)cc(F)c2)NC(=O)CSc2nc3nc(C)cc(O)n3n2)c1. The fourth-order valence-corrected chi connectivity index (χ4v) is 4.75. The molecule has 39 heavy (non-hydrogen) atoms. The van der Waals surface area contributed by atoms with Crippen LogP contribution < -0.4 is 10.6 Å². The van der Waals surface area contributed by atoms with Crippen molar-refractivity contribution in [3.63, 3.8) is 0 Å². The average Bonchev–Trinajstić information content (AvgIpc) is 3.30. The molecule has 2 heterocycles. The van der Waals surface area contributed by atoms with E-state index in [4.69, 9.17) is 0 Å². The predicted octanol–water partition coefficient (Wildman–Crippen LogP) is 2.95. The van der Waals surface area contributed by atoms with E-state index in [1.807, 2.05) is 18.2 Å². The molecule has 2 aromatic heterocycles. The molecule has 9 nitrogen and oxygen atoms in total. The molecule has 12 heteroatoms. The van der Waals surface area contributed by atoms with E-state index in [2.05, 4.69) is 38.7 Å². The highest BCUT2D eigenvalue weighted by Gasteiger charge is 2.23. The van der Waals surface area contributed by atoms with E-state index < -0.39 is 29.7 Å². The minimum absolute atomic E-state index is 0.0168. The van der Waals surface area contributed by atoms with E-state index in [-0.39, 0.29) is 35.5 Å². The highest BCUT2D eigenvalue weighted by molar-refractivity contribution is 7.99. The van der Waals surface area contributed by atoms with Crippen LogP contribution in [0, 0.1) is 18.6 Å². The van der Waals surface area contributed by atoms with Crippen molar-refractivity contribution in [1.82, 2.24) is 30.2 Å². The Kier molecular flexibility index (Phi) is 9.44. The van der Waals surface area contributed by atoms with Gasteiger partial charge in [0.15, 0.2) is 0 Å². The summed E-state index contributed by atoms with van der Waals surface area (Å²) in [7, 11) is 0. The van der Waals surface area contributed by atoms with Gasteiger partial charge in [-0.05, 0) is 48.6 Å². The van der Waals surface area contributed by atoms with Gasteiger partial charge in [-0.25, -0.2) is 13.8 Å². The first kappa shape index (κ1) is 28.4. The highest BCUT2D eigenvalue weighted by Crippen LogP contribution is 2.18. The molecule has 0 aliphatic rings. The number of fused-ring (bicyclic) bond motifs is 1. The summed E-state index contributed by atoms with van der Waals surface area (Å²) in [6.45, 7) is 4.44. The van der Waals surface area contributed by atoms with Crippen molar-refractivity contribution in [2.75, 3.05) is 12.3 Å². The zero-order valence-electron chi connectivity index (χ0n) is 21.6. The molecule has 206 valence electrons. The predicted molar refractivity (Wildman–Crippen MR) is 143 cm³/mol. The third-order valence-corrected chi connectivity index (χ3v) is 6.84. The Labute approximate surface area is 228 Å². The Balaban J connectivity index is 1.40. The highest BCUT2D eigenvalue weighted by atomic mass is 32.2. The Hall–Kier alpha value is -3.61. The second kappa shape index (κ2) is 13.0. The lowest BCUT2D eigenvalue weighted by Crippen LogP contribution is -2.49. The maximum atomic E-state index is 13.8. The lowest BCUT2D eigenvalue weighted by atomic mass is 10.0. The van der Waals surface area contributed by atoms with Gasteiger partial charge in [0.05, 0.1) is 17.9 Å². The molecular formula is C27H30F2N6O3S. The standard InChI is InChI=1S/C27H30F2N6O3S/c1-3-17-5-4-6-18(8-17)13-30-14-23(36)22(11-19-9-20(28)12-21(29)10-19)32-24(37)15-39-27-33-26-31-16(2)7-25(38)35(26)34-27/h4-10,12,22-23,30,36,38H,3,11,13-15H2,1-2H3,(H,32,37). The van der Waals surface area contributed by atoms with Gasteiger partial charge < -0.3 is 20.8 Å². The fraction of sp³-hybridized carbons (Fsp3) is 0.333. The van der Waals surface area contributed by atoms with E-state index >= 15 is 0 Å². The molecular weight excluding hydrogens is 526 g/mol. The Morgan fingerprint density at radius 3 is 2.56 bits per heavy atom. The number of aryl methyl sites for hydroxylation is 2. The molecule has 0 saturated carbocycles. The van der Waals surface area contributed by atoms with Gasteiger partial charge in [0, 0.05) is 30.9 Å². The number of rotatable bonds is 12. The number of aliphatic hydroxyl groups excluding tert-OH is 1. The van der Waals surface area contributed by atoms with Gasteiger partial charge in [-0.3, -0.25) is 4.79 Å². The van der Waals surface area contributed by atoms with Gasteiger partial charge in [0.25, 0.3) is 5.78 Å². The quantitative estimate of drug-likeness (QED) is 0.196. The monoisotopic (exact) mass is 556 g/mol. The molecule has 2 unspecified atom stereocenters. The minimum Gasteiger partial charge on any atom is -0.493 e. The number of hydrogen-bond donors (Lipinski definition) is 4. The van der Waals surface area contributed by atoms with Gasteiger partial charge in [-0.15, -0.1) is 5.10 Å². The molecule has 0 aliphatic carbocycles. The van der Waals surface area contributed by atoms with Crippen LogP contribution in [0.25, 0.3) is 5.78 Å². The number of amides is 1. The second-order valence-corrected chi connectivity index (χ2v) is 10.1. The number of carbonyl (C=O) groups excluding carboxylic acids is 1. The summed E-state index contributed by atoms with van der Waals surface area (Å²) in [6, 6.07) is 11.8. The van der Waals surface area contributed by atoms with E-state index in [0.717, 1.165) is 29.8 Å². The molecule has 1 amide bonds. The minimum atomic E-state index is -1.04. The smallest absolute Gasteiger partial charge is 0.256 e. The first-order valence-corrected chi connectivity index (χ1v) is 13.5. The molecule has 4 N–H and O–H groups in total. The van der Waals surface area contributed by atoms with Crippen molar-refractivity contribution in [3.8, 4) is 5.88 Å². The first-order chi connectivity index (χ1) is 18.7. The third kappa shape index (κ3) is 7.94. The topological polar surface area (TPSA) is 125 Å². The van der Waals surface area contributed by atoms with E-state index in [1.165, 1.54) is 28.3 Å². The molecule has 0 fully saturated rings. The van der Waals surface area contributed by atoms with Crippen molar-refractivity contribution in [2.24, 2.45) is 0 Å². The summed E-state index contributed by atoms with van der Waals surface area (Å²) in [5.74, 6) is -1.91. The maximum Gasteiger partial charge on any atom is 0.256 e. The van der Waals surface area contributed by atoms with Crippen molar-refractivity contribution in [2.45, 2.75) is 50.5 Å². The number of aliphatic hydroxyl groups is 1. The third-order valence-electron chi connectivity index (χ3n) is 6.01. The molecule has 4 aromatic rings. The normalized spacial score (nSPS) is 12.9. The van der Waals surface area contributed by atoms with Crippen LogP contribution in [0.2, 0.25) is 0 Å². The molecule has 0 bridgehead atoms. The van der Waals surface area contributed by atoms with Crippen LogP contribution in [0.5, 0.6) is 5.88 Å². The summed E-state index contributed by atoms with van der Waals surface area (Å²) in [5, 5.41) is 31.3. The van der Waals surface area contributed by atoms with Crippen molar-refractivity contribution in [1.29, 1.82) is 0 Å². The van der Waals surface area contributed by atoms with E-state index in [1.54, 1.807) is 6.92 Å². The van der Waals surface area contributed by atoms with Crippen LogP contribution in [0.4, 0.5) is 8.78 Å². The average molecular weight is 557 g/mol. The number of carbonyl (C=O) groups is 1. The summed E-state index contributed by atoms with van der Waals surface area (Å²) in [5.41, 5.74) is 3.13. The van der Waals surface area contributed by atoms with Crippen molar-refractivity contribution in [3.05, 3.63) is 82.5 Å². The fourth-order valence-electron chi connectivity index (χ4n) is 4.12. The Morgan fingerprint density at radius 2 is 1.82 bits per heavy atom. The molecule has 2 aromatic carbocycles. The zero-order chi connectivity index (χ0) is 27.9. The van der Waals surface area contributed by atoms with Crippen LogP contribution in [0.15, 0.2) is 53.7 Å². The molecule has 4 rings (SSSR count). The summed E-state index contributed by atoms with van der Waals surface area (Å²) >= 11 is 1.03. The van der Waals surface area contributed by atoms with Gasteiger partial charge >= 0.3 is 0 Å². The van der Waals surface area contributed by atoms with Crippen LogP contribution in [-0.4, -0.2) is 60.1 Å². The number of halogens is 2. The number of aromatic nitrogens is 4. The van der Waals surface area contributed by atoms with Gasteiger partial charge in [0.2, 0.25) is 16.9 Å². The largest absolute Gasteiger partial charge is 0.493 e. The Morgan fingerprint density at radius 1 is 1.08 bits per heavy atom. The molecule has 0 aliphatic heterocycles. The summed E-state index contributed by atoms with van der Waals surface area (Å²) in [4.78, 5) is 21.2. The number of thioether (sulfide) groups is 1. The Bertz CT molecular complexity index is 1430. The van der Waals surface area contributed by atoms with Crippen LogP contribution >= 0.6 is 11.8 Å². The number of aromatic hydroxyl groups is 1. The van der Waals surface area contributed by atoms with E-state index in [0.29, 0.717) is 17.8 Å². The van der Waals surface area contributed by atoms with Crippen molar-refractivity contribution < 1.29 is 23.8 Å². The van der Waals surface area contributed by atoms with Gasteiger partial charge in [-0.1, -0.05) is 43.0 Å². The van der Waals surface area contributed by atoms with Gasteiger partial charge in [0.1, 0.15) is 11.6 Å². The number of nitrogens with zero attached hydrogens (tertiary/aromatic N) is 4. The van der Waals surface area contributed by atoms with Crippen molar-refractivity contribution >= 4 is 23.4 Å². The number of nitrogens with one attached hydrogen (secondary N) is 2. The molecule has 2 atom stereocenters. The summed E-state index contributed by atoms with van der Waals surface area (Å²) < 4.78 is 28.8. The van der Waals surface area contributed by atoms with E-state index in [9.17, 15) is 23.8 Å².